The van der Waals surface area contributed by atoms with Crippen LogP contribution in [-0.4, -0.2) is 31.8 Å². The van der Waals surface area contributed by atoms with Crippen LogP contribution in [-0.2, 0) is 27.0 Å². The van der Waals surface area contributed by atoms with Crippen LogP contribution in [0.4, 0.5) is 0 Å². The van der Waals surface area contributed by atoms with E-state index in [4.69, 9.17) is 5.11 Å². The van der Waals surface area contributed by atoms with Crippen molar-refractivity contribution in [2.45, 2.75) is 25.0 Å². The third-order valence-corrected chi connectivity index (χ3v) is 5.13. The first-order valence-electron chi connectivity index (χ1n) is 8.21. The van der Waals surface area contributed by atoms with Crippen molar-refractivity contribution in [3.05, 3.63) is 71.3 Å². The zero-order chi connectivity index (χ0) is 19.0. The highest BCUT2D eigenvalue weighted by atomic mass is 32.2. The summed E-state index contributed by atoms with van der Waals surface area (Å²) in [4.78, 5) is 22.3. The molecule has 26 heavy (non-hydrogen) atoms. The van der Waals surface area contributed by atoms with Crippen molar-refractivity contribution in [1.29, 1.82) is 0 Å². The number of carbonyl (C=O) groups excluding carboxylic acids is 1. The van der Waals surface area contributed by atoms with Crippen molar-refractivity contribution in [1.82, 2.24) is 4.72 Å². The maximum Gasteiger partial charge on any atom is 0.303 e. The third kappa shape index (κ3) is 6.78. The third-order valence-electron chi connectivity index (χ3n) is 3.78. The number of aliphatic carboxylic acids is 1. The van der Waals surface area contributed by atoms with Crippen LogP contribution in [0.25, 0.3) is 0 Å². The summed E-state index contributed by atoms with van der Waals surface area (Å²) in [6.07, 6.45) is 0.273. The monoisotopic (exact) mass is 375 g/mol. The molecule has 0 spiro atoms. The summed E-state index contributed by atoms with van der Waals surface area (Å²) < 4.78 is 26.7. The molecule has 2 aromatic rings. The number of carboxylic acids is 1. The molecule has 2 N–H and O–H groups in total. The van der Waals surface area contributed by atoms with E-state index in [1.165, 1.54) is 0 Å². The molecule has 0 aromatic heterocycles. The van der Waals surface area contributed by atoms with Crippen LogP contribution in [0.5, 0.6) is 0 Å². The zero-order valence-corrected chi connectivity index (χ0v) is 15.0. The Morgan fingerprint density at radius 1 is 0.885 bits per heavy atom. The minimum Gasteiger partial charge on any atom is -0.481 e. The lowest BCUT2D eigenvalue weighted by Crippen LogP contribution is -2.27. The highest BCUT2D eigenvalue weighted by Gasteiger charge is 2.11. The van der Waals surface area contributed by atoms with Gasteiger partial charge in [0.05, 0.1) is 12.2 Å². The molecule has 0 aliphatic carbocycles. The molecule has 0 aliphatic rings. The number of Topliss-reactive ketones (excluding diaryl/α,β-unsaturated/α-hetero) is 1. The van der Waals surface area contributed by atoms with Gasteiger partial charge in [0.15, 0.2) is 5.78 Å². The topological polar surface area (TPSA) is 101 Å². The number of sulfonamides is 1. The van der Waals surface area contributed by atoms with Gasteiger partial charge in [0.25, 0.3) is 0 Å². The predicted octanol–water partition coefficient (Wildman–Crippen LogP) is 2.40. The lowest BCUT2D eigenvalue weighted by Gasteiger charge is -2.07. The molecule has 0 radical (unpaired) electrons. The number of hydrogen-bond donors (Lipinski definition) is 2. The van der Waals surface area contributed by atoms with E-state index in [-0.39, 0.29) is 30.9 Å². The number of hydrogen-bond acceptors (Lipinski definition) is 4. The Morgan fingerprint density at radius 2 is 1.54 bits per heavy atom. The van der Waals surface area contributed by atoms with Gasteiger partial charge in [-0.15, -0.1) is 0 Å². The van der Waals surface area contributed by atoms with Gasteiger partial charge in [-0.1, -0.05) is 54.6 Å². The van der Waals surface area contributed by atoms with Gasteiger partial charge >= 0.3 is 5.97 Å². The van der Waals surface area contributed by atoms with Crippen molar-refractivity contribution in [3.8, 4) is 0 Å². The summed E-state index contributed by atoms with van der Waals surface area (Å²) in [6, 6.07) is 15.7. The fourth-order valence-corrected chi connectivity index (χ4v) is 3.56. The fourth-order valence-electron chi connectivity index (χ4n) is 2.42. The summed E-state index contributed by atoms with van der Waals surface area (Å²) in [5, 5.41) is 8.60. The summed E-state index contributed by atoms with van der Waals surface area (Å²) >= 11 is 0. The molecular formula is C19H21NO5S. The van der Waals surface area contributed by atoms with Crippen LogP contribution < -0.4 is 4.72 Å². The molecule has 0 fully saturated rings. The van der Waals surface area contributed by atoms with Crippen LogP contribution in [0.3, 0.4) is 0 Å². The Morgan fingerprint density at radius 3 is 2.15 bits per heavy atom. The van der Waals surface area contributed by atoms with Gasteiger partial charge in [-0.05, 0) is 17.5 Å². The molecular weight excluding hydrogens is 354 g/mol. The van der Waals surface area contributed by atoms with Crippen molar-refractivity contribution in [2.75, 3.05) is 6.54 Å². The first-order valence-corrected chi connectivity index (χ1v) is 9.86. The van der Waals surface area contributed by atoms with Gasteiger partial charge in [0.1, 0.15) is 0 Å². The SMILES string of the molecule is O=C(O)CCC(=O)c1ccc(CCNS(=O)(=O)Cc2ccccc2)cc1. The van der Waals surface area contributed by atoms with E-state index in [9.17, 15) is 18.0 Å². The Kier molecular flexibility index (Phi) is 7.06. The summed E-state index contributed by atoms with van der Waals surface area (Å²) in [5.74, 6) is -1.29. The molecule has 0 aliphatic heterocycles. The standard InChI is InChI=1S/C19H21NO5S/c21-18(10-11-19(22)23)17-8-6-15(7-9-17)12-13-20-26(24,25)14-16-4-2-1-3-5-16/h1-9,20H,10-14H2,(H,22,23). The lowest BCUT2D eigenvalue weighted by molar-refractivity contribution is -0.136. The molecule has 2 aromatic carbocycles. The van der Waals surface area contributed by atoms with E-state index in [1.807, 2.05) is 6.07 Å². The highest BCUT2D eigenvalue weighted by Crippen LogP contribution is 2.09. The molecule has 0 atom stereocenters. The van der Waals surface area contributed by atoms with Crippen LogP contribution in [0.1, 0.15) is 34.3 Å². The summed E-state index contributed by atoms with van der Waals surface area (Å²) in [5.41, 5.74) is 2.08. The second-order valence-electron chi connectivity index (χ2n) is 5.90. The maximum absolute atomic E-state index is 12.1. The van der Waals surface area contributed by atoms with Gasteiger partial charge in [-0.25, -0.2) is 13.1 Å². The Hall–Kier alpha value is -2.51. The van der Waals surface area contributed by atoms with E-state index in [1.54, 1.807) is 48.5 Å². The number of ketones is 1. The molecule has 0 bridgehead atoms. The van der Waals surface area contributed by atoms with Crippen molar-refractivity contribution >= 4 is 21.8 Å². The largest absolute Gasteiger partial charge is 0.481 e. The number of carboxylic acid groups (broad SMARTS) is 1. The molecule has 0 amide bonds. The first kappa shape index (κ1) is 19.8. The van der Waals surface area contributed by atoms with Crippen LogP contribution in [0.2, 0.25) is 0 Å². The van der Waals surface area contributed by atoms with Crippen LogP contribution in [0.15, 0.2) is 54.6 Å². The number of nitrogens with one attached hydrogen (secondary N) is 1. The van der Waals surface area contributed by atoms with E-state index in [0.29, 0.717) is 12.0 Å². The number of rotatable bonds is 10. The molecule has 2 rings (SSSR count). The average molecular weight is 375 g/mol. The van der Waals surface area contributed by atoms with E-state index in [2.05, 4.69) is 4.72 Å². The second kappa shape index (κ2) is 9.26. The van der Waals surface area contributed by atoms with Crippen LogP contribution >= 0.6 is 0 Å². The van der Waals surface area contributed by atoms with E-state index < -0.39 is 16.0 Å². The number of benzene rings is 2. The smallest absolute Gasteiger partial charge is 0.303 e. The second-order valence-corrected chi connectivity index (χ2v) is 7.71. The zero-order valence-electron chi connectivity index (χ0n) is 14.2. The predicted molar refractivity (Wildman–Crippen MR) is 98.4 cm³/mol. The van der Waals surface area contributed by atoms with Crippen molar-refractivity contribution in [3.63, 3.8) is 0 Å². The van der Waals surface area contributed by atoms with Gasteiger partial charge < -0.3 is 5.11 Å². The fraction of sp³-hybridized carbons (Fsp3) is 0.263. The molecule has 138 valence electrons. The molecule has 0 heterocycles. The first-order chi connectivity index (χ1) is 12.4. The lowest BCUT2D eigenvalue weighted by atomic mass is 10.0. The normalized spacial score (nSPS) is 11.2. The van der Waals surface area contributed by atoms with Crippen molar-refractivity contribution < 1.29 is 23.1 Å². The quantitative estimate of drug-likeness (QED) is 0.621. The highest BCUT2D eigenvalue weighted by molar-refractivity contribution is 7.88. The summed E-state index contributed by atoms with van der Waals surface area (Å²) in [6.45, 7) is 0.265. The molecule has 6 nitrogen and oxygen atoms in total. The Balaban J connectivity index is 1.82. The molecule has 7 heteroatoms. The van der Waals surface area contributed by atoms with Gasteiger partial charge in [-0.2, -0.15) is 0 Å². The van der Waals surface area contributed by atoms with E-state index >= 15 is 0 Å². The minimum absolute atomic E-state index is 0.0338. The summed E-state index contributed by atoms with van der Waals surface area (Å²) in [7, 11) is -3.40. The Bertz CT molecular complexity index is 845. The average Bonchev–Trinajstić information content (AvgIpc) is 2.60. The van der Waals surface area contributed by atoms with Gasteiger partial charge in [0, 0.05) is 18.5 Å². The number of carbonyl (C=O) groups is 2. The molecule has 0 saturated carbocycles. The maximum atomic E-state index is 12.1. The Labute approximate surface area is 152 Å². The molecule has 0 unspecified atom stereocenters. The molecule has 0 saturated heterocycles. The van der Waals surface area contributed by atoms with Gasteiger partial charge in [-0.3, -0.25) is 9.59 Å². The van der Waals surface area contributed by atoms with E-state index in [0.717, 1.165) is 11.1 Å². The van der Waals surface area contributed by atoms with Crippen LogP contribution in [0, 0.1) is 0 Å². The van der Waals surface area contributed by atoms with Crippen molar-refractivity contribution in [2.24, 2.45) is 0 Å². The van der Waals surface area contributed by atoms with Gasteiger partial charge in [0.2, 0.25) is 10.0 Å². The minimum atomic E-state index is -3.40.